The molecule has 0 radical (unpaired) electrons. The van der Waals surface area contributed by atoms with E-state index >= 15 is 0 Å². The van der Waals surface area contributed by atoms with Crippen LogP contribution < -0.4 is 5.69 Å². The van der Waals surface area contributed by atoms with Gasteiger partial charge in [0.1, 0.15) is 0 Å². The first-order valence-corrected chi connectivity index (χ1v) is 4.29. The third-order valence-corrected chi connectivity index (χ3v) is 2.18. The van der Waals surface area contributed by atoms with Gasteiger partial charge in [-0.2, -0.15) is 0 Å². The fourth-order valence-corrected chi connectivity index (χ4v) is 1.46. The maximum absolute atomic E-state index is 10.9. The number of nitrogens with one attached hydrogen (secondary N) is 2. The summed E-state index contributed by atoms with van der Waals surface area (Å²) in [6.07, 6.45) is 0.933. The molecule has 2 rings (SSSR count). The van der Waals surface area contributed by atoms with Gasteiger partial charge in [0, 0.05) is 5.69 Å². The molecule has 4 nitrogen and oxygen atoms in total. The van der Waals surface area contributed by atoms with E-state index in [2.05, 4.69) is 21.9 Å². The molecule has 2 aromatic heterocycles. The molecule has 2 heterocycles. The molecule has 0 aliphatic carbocycles. The predicted octanol–water partition coefficient (Wildman–Crippen LogP) is 1.12. The van der Waals surface area contributed by atoms with Crippen LogP contribution in [0.2, 0.25) is 0 Å². The monoisotopic (exact) mass is 177 g/mol. The summed E-state index contributed by atoms with van der Waals surface area (Å²) in [5.41, 5.74) is 3.37. The van der Waals surface area contributed by atoms with Crippen LogP contribution in [-0.4, -0.2) is 15.0 Å². The fourth-order valence-electron chi connectivity index (χ4n) is 1.46. The van der Waals surface area contributed by atoms with E-state index in [1.165, 1.54) is 5.56 Å². The number of rotatable bonds is 1. The Balaban J connectivity index is 2.80. The number of aromatic nitrogens is 3. The summed E-state index contributed by atoms with van der Waals surface area (Å²) in [4.78, 5) is 20.5. The van der Waals surface area contributed by atoms with Crippen LogP contribution in [0, 0.1) is 6.92 Å². The molecule has 0 bridgehead atoms. The molecule has 0 aliphatic heterocycles. The molecule has 0 fully saturated rings. The van der Waals surface area contributed by atoms with Gasteiger partial charge < -0.3 is 4.98 Å². The van der Waals surface area contributed by atoms with E-state index in [9.17, 15) is 4.79 Å². The minimum absolute atomic E-state index is 0.199. The first kappa shape index (κ1) is 8.04. The maximum atomic E-state index is 10.9. The summed E-state index contributed by atoms with van der Waals surface area (Å²) in [6, 6.07) is 1.97. The first-order chi connectivity index (χ1) is 6.20. The number of hydrogen-bond acceptors (Lipinski definition) is 2. The van der Waals surface area contributed by atoms with E-state index in [1.54, 1.807) is 0 Å². The molecular formula is C9H11N3O. The van der Waals surface area contributed by atoms with Crippen molar-refractivity contribution >= 4 is 11.2 Å². The van der Waals surface area contributed by atoms with Crippen molar-refractivity contribution < 1.29 is 0 Å². The van der Waals surface area contributed by atoms with Crippen LogP contribution in [-0.2, 0) is 6.42 Å². The highest BCUT2D eigenvalue weighted by atomic mass is 16.1. The average Bonchev–Trinajstić information content (AvgIpc) is 2.42. The van der Waals surface area contributed by atoms with Gasteiger partial charge in [0.15, 0.2) is 5.65 Å². The van der Waals surface area contributed by atoms with Crippen LogP contribution in [0.25, 0.3) is 11.2 Å². The number of fused-ring (bicyclic) bond motifs is 1. The molecule has 0 saturated heterocycles. The minimum Gasteiger partial charge on any atom is -0.304 e. The SMILES string of the molecule is CCc1cc2[nH]c(=O)[nH]c2nc1C. The molecular weight excluding hydrogens is 166 g/mol. The van der Waals surface area contributed by atoms with Gasteiger partial charge in [-0.1, -0.05) is 6.92 Å². The summed E-state index contributed by atoms with van der Waals surface area (Å²) in [5.74, 6) is 0. The molecule has 0 unspecified atom stereocenters. The lowest BCUT2D eigenvalue weighted by atomic mass is 10.1. The smallest absolute Gasteiger partial charge is 0.304 e. The normalized spacial score (nSPS) is 10.9. The zero-order chi connectivity index (χ0) is 9.42. The largest absolute Gasteiger partial charge is 0.325 e. The highest BCUT2D eigenvalue weighted by molar-refractivity contribution is 5.70. The second kappa shape index (κ2) is 2.73. The fraction of sp³-hybridized carbons (Fsp3) is 0.333. The molecule has 0 aromatic carbocycles. The standard InChI is InChI=1S/C9H11N3O/c1-3-6-4-7-8(10-5(6)2)12-9(13)11-7/h4H,3H2,1-2H3,(H2,10,11,12,13). The van der Waals surface area contributed by atoms with Crippen LogP contribution >= 0.6 is 0 Å². The Morgan fingerprint density at radius 3 is 2.92 bits per heavy atom. The number of H-pyrrole nitrogens is 2. The predicted molar refractivity (Wildman–Crippen MR) is 50.8 cm³/mol. The van der Waals surface area contributed by atoms with Gasteiger partial charge in [-0.3, -0.25) is 4.98 Å². The third kappa shape index (κ3) is 1.24. The molecule has 13 heavy (non-hydrogen) atoms. The summed E-state index contributed by atoms with van der Waals surface area (Å²) < 4.78 is 0. The number of hydrogen-bond donors (Lipinski definition) is 2. The summed E-state index contributed by atoms with van der Waals surface area (Å²) in [7, 11) is 0. The summed E-state index contributed by atoms with van der Waals surface area (Å²) in [6.45, 7) is 4.02. The number of aryl methyl sites for hydroxylation is 2. The van der Waals surface area contributed by atoms with Crippen molar-refractivity contribution in [2.24, 2.45) is 0 Å². The van der Waals surface area contributed by atoms with Crippen LogP contribution in [0.4, 0.5) is 0 Å². The summed E-state index contributed by atoms with van der Waals surface area (Å²) in [5, 5.41) is 0. The van der Waals surface area contributed by atoms with E-state index in [1.807, 2.05) is 13.0 Å². The van der Waals surface area contributed by atoms with Crippen LogP contribution in [0.3, 0.4) is 0 Å². The maximum Gasteiger partial charge on any atom is 0.325 e. The van der Waals surface area contributed by atoms with Gasteiger partial charge in [0.25, 0.3) is 0 Å². The van der Waals surface area contributed by atoms with Gasteiger partial charge in [-0.15, -0.1) is 0 Å². The van der Waals surface area contributed by atoms with Crippen molar-refractivity contribution in [2.75, 3.05) is 0 Å². The topological polar surface area (TPSA) is 61.5 Å². The molecule has 68 valence electrons. The van der Waals surface area contributed by atoms with Gasteiger partial charge in [0.2, 0.25) is 0 Å². The van der Waals surface area contributed by atoms with E-state index in [-0.39, 0.29) is 5.69 Å². The molecule has 4 heteroatoms. The molecule has 0 spiro atoms. The lowest BCUT2D eigenvalue weighted by Gasteiger charge is -2.00. The Hall–Kier alpha value is -1.58. The van der Waals surface area contributed by atoms with Gasteiger partial charge in [-0.05, 0) is 25.0 Å². The molecule has 0 saturated carbocycles. The van der Waals surface area contributed by atoms with Crippen molar-refractivity contribution in [1.29, 1.82) is 0 Å². The highest BCUT2D eigenvalue weighted by Gasteiger charge is 2.03. The second-order valence-corrected chi connectivity index (χ2v) is 3.06. The van der Waals surface area contributed by atoms with Gasteiger partial charge in [0.05, 0.1) is 5.52 Å². The number of aromatic amines is 2. The van der Waals surface area contributed by atoms with Crippen molar-refractivity contribution in [2.45, 2.75) is 20.3 Å². The Kier molecular flexibility index (Phi) is 1.69. The molecule has 2 aromatic rings. The average molecular weight is 177 g/mol. The molecule has 0 atom stereocenters. The Morgan fingerprint density at radius 2 is 2.23 bits per heavy atom. The van der Waals surface area contributed by atoms with Gasteiger partial charge in [-0.25, -0.2) is 9.78 Å². The number of nitrogens with zero attached hydrogens (tertiary/aromatic N) is 1. The van der Waals surface area contributed by atoms with Gasteiger partial charge >= 0.3 is 5.69 Å². The van der Waals surface area contributed by atoms with Crippen LogP contribution in [0.5, 0.6) is 0 Å². The van der Waals surface area contributed by atoms with E-state index < -0.39 is 0 Å². The van der Waals surface area contributed by atoms with E-state index in [0.717, 1.165) is 17.6 Å². The molecule has 0 amide bonds. The van der Waals surface area contributed by atoms with Crippen molar-refractivity contribution in [1.82, 2.24) is 15.0 Å². The number of pyridine rings is 1. The quantitative estimate of drug-likeness (QED) is 0.685. The van der Waals surface area contributed by atoms with E-state index in [4.69, 9.17) is 0 Å². The molecule has 0 aliphatic rings. The zero-order valence-corrected chi connectivity index (χ0v) is 7.64. The second-order valence-electron chi connectivity index (χ2n) is 3.06. The highest BCUT2D eigenvalue weighted by Crippen LogP contribution is 2.11. The lowest BCUT2D eigenvalue weighted by molar-refractivity contribution is 1.06. The zero-order valence-electron chi connectivity index (χ0n) is 7.64. The lowest BCUT2D eigenvalue weighted by Crippen LogP contribution is -1.99. The van der Waals surface area contributed by atoms with Crippen molar-refractivity contribution in [3.8, 4) is 0 Å². The Morgan fingerprint density at radius 1 is 1.46 bits per heavy atom. The Bertz CT molecular complexity index is 495. The third-order valence-electron chi connectivity index (χ3n) is 2.18. The van der Waals surface area contributed by atoms with Crippen molar-refractivity contribution in [3.05, 3.63) is 27.8 Å². The van der Waals surface area contributed by atoms with Crippen molar-refractivity contribution in [3.63, 3.8) is 0 Å². The van der Waals surface area contributed by atoms with Crippen LogP contribution in [0.1, 0.15) is 18.2 Å². The summed E-state index contributed by atoms with van der Waals surface area (Å²) >= 11 is 0. The Labute approximate surface area is 75.0 Å². The minimum atomic E-state index is -0.199. The first-order valence-electron chi connectivity index (χ1n) is 4.29. The number of imidazole rings is 1. The van der Waals surface area contributed by atoms with Crippen LogP contribution in [0.15, 0.2) is 10.9 Å². The van der Waals surface area contributed by atoms with E-state index in [0.29, 0.717) is 5.65 Å². The molecule has 2 N–H and O–H groups in total.